The Bertz CT molecular complexity index is 741. The van der Waals surface area contributed by atoms with Gasteiger partial charge in [0.25, 0.3) is 5.91 Å². The lowest BCUT2D eigenvalue weighted by molar-refractivity contribution is 0.0848. The monoisotopic (exact) mass is 315 g/mol. The molecule has 1 aliphatic heterocycles. The van der Waals surface area contributed by atoms with Crippen molar-refractivity contribution in [1.82, 2.24) is 4.90 Å². The van der Waals surface area contributed by atoms with Crippen LogP contribution in [0.15, 0.2) is 42.5 Å². The summed E-state index contributed by atoms with van der Waals surface area (Å²) in [5, 5.41) is 0.704. The van der Waals surface area contributed by atoms with Crippen LogP contribution in [-0.2, 0) is 6.42 Å². The van der Waals surface area contributed by atoms with Gasteiger partial charge in [0, 0.05) is 22.7 Å². The summed E-state index contributed by atoms with van der Waals surface area (Å²) in [6.07, 6.45) is 0.771. The molecule has 106 valence electrons. The van der Waals surface area contributed by atoms with Crippen molar-refractivity contribution in [3.63, 3.8) is 0 Å². The molecular weight excluding hydrogens is 302 g/mol. The van der Waals surface area contributed by atoms with E-state index in [-0.39, 0.29) is 5.91 Å². The number of rotatable bonds is 1. The van der Waals surface area contributed by atoms with Gasteiger partial charge in [0.1, 0.15) is 4.99 Å². The molecule has 1 aliphatic rings. The molecule has 0 aromatic heterocycles. The zero-order chi connectivity index (χ0) is 15.0. The molecule has 0 radical (unpaired) electrons. The molecule has 0 atom stereocenters. The van der Waals surface area contributed by atoms with Gasteiger partial charge >= 0.3 is 0 Å². The van der Waals surface area contributed by atoms with E-state index >= 15 is 0 Å². The van der Waals surface area contributed by atoms with Crippen LogP contribution in [0.1, 0.15) is 27.0 Å². The number of halogens is 1. The minimum Gasteiger partial charge on any atom is -0.298 e. The molecule has 0 saturated carbocycles. The van der Waals surface area contributed by atoms with Crippen molar-refractivity contribution in [3.8, 4) is 0 Å². The highest BCUT2D eigenvalue weighted by Crippen LogP contribution is 2.25. The molecule has 0 aliphatic carbocycles. The lowest BCUT2D eigenvalue weighted by Crippen LogP contribution is -2.41. The second kappa shape index (κ2) is 5.58. The third-order valence-electron chi connectivity index (χ3n) is 3.77. The molecule has 2 aromatic rings. The van der Waals surface area contributed by atoms with Crippen molar-refractivity contribution < 1.29 is 4.79 Å². The average Bonchev–Trinajstić information content (AvgIpc) is 2.47. The Morgan fingerprint density at radius 1 is 1.24 bits per heavy atom. The van der Waals surface area contributed by atoms with E-state index < -0.39 is 0 Å². The summed E-state index contributed by atoms with van der Waals surface area (Å²) < 4.78 is 0. The molecule has 4 heteroatoms. The summed E-state index contributed by atoms with van der Waals surface area (Å²) in [7, 11) is 0. The number of carbonyl (C=O) groups excluding carboxylic acids is 1. The first-order valence-corrected chi connectivity index (χ1v) is 7.57. The zero-order valence-corrected chi connectivity index (χ0v) is 13.2. The van der Waals surface area contributed by atoms with Gasteiger partial charge in [-0.3, -0.25) is 9.69 Å². The molecule has 0 bridgehead atoms. The van der Waals surface area contributed by atoms with Gasteiger partial charge in [-0.25, -0.2) is 0 Å². The molecule has 0 saturated heterocycles. The minimum absolute atomic E-state index is 0.0290. The number of benzene rings is 2. The van der Waals surface area contributed by atoms with Crippen molar-refractivity contribution in [2.75, 3.05) is 6.54 Å². The second-order valence-corrected chi connectivity index (χ2v) is 5.95. The van der Waals surface area contributed by atoms with Crippen LogP contribution in [0, 0.1) is 6.92 Å². The number of nitrogens with zero attached hydrogens (tertiary/aromatic N) is 1. The van der Waals surface area contributed by atoms with E-state index in [1.54, 1.807) is 4.90 Å². The number of carbonyl (C=O) groups is 1. The SMILES string of the molecule is Cc1ccccc1C(=O)N1CCc2cc(Cl)ccc2C1=S. The Morgan fingerprint density at radius 3 is 2.76 bits per heavy atom. The predicted octanol–water partition coefficient (Wildman–Crippen LogP) is 4.02. The zero-order valence-electron chi connectivity index (χ0n) is 11.6. The van der Waals surface area contributed by atoms with Crippen molar-refractivity contribution in [2.45, 2.75) is 13.3 Å². The van der Waals surface area contributed by atoms with Gasteiger partial charge < -0.3 is 0 Å². The summed E-state index contributed by atoms with van der Waals surface area (Å²) in [6.45, 7) is 2.54. The third kappa shape index (κ3) is 2.59. The maximum Gasteiger partial charge on any atom is 0.259 e. The van der Waals surface area contributed by atoms with E-state index in [4.69, 9.17) is 23.8 Å². The Morgan fingerprint density at radius 2 is 2.00 bits per heavy atom. The topological polar surface area (TPSA) is 20.3 Å². The highest BCUT2D eigenvalue weighted by Gasteiger charge is 2.27. The van der Waals surface area contributed by atoms with Gasteiger partial charge in [0.15, 0.2) is 0 Å². The molecule has 2 aromatic carbocycles. The Balaban J connectivity index is 1.95. The minimum atomic E-state index is -0.0290. The van der Waals surface area contributed by atoms with Crippen LogP contribution in [0.4, 0.5) is 0 Å². The van der Waals surface area contributed by atoms with Crippen LogP contribution in [0.2, 0.25) is 5.02 Å². The Hall–Kier alpha value is -1.71. The molecule has 21 heavy (non-hydrogen) atoms. The fraction of sp³-hybridized carbons (Fsp3) is 0.176. The number of hydrogen-bond donors (Lipinski definition) is 0. The molecule has 2 nitrogen and oxygen atoms in total. The van der Waals surface area contributed by atoms with Crippen LogP contribution in [0.5, 0.6) is 0 Å². The quantitative estimate of drug-likeness (QED) is 0.741. The highest BCUT2D eigenvalue weighted by molar-refractivity contribution is 7.80. The molecule has 1 amide bonds. The number of amides is 1. The van der Waals surface area contributed by atoms with E-state index in [9.17, 15) is 4.79 Å². The van der Waals surface area contributed by atoms with E-state index in [0.29, 0.717) is 22.1 Å². The smallest absolute Gasteiger partial charge is 0.259 e. The molecule has 0 N–H and O–H groups in total. The molecular formula is C17H14ClNOS. The van der Waals surface area contributed by atoms with Gasteiger partial charge in [0.05, 0.1) is 0 Å². The molecule has 1 heterocycles. The predicted molar refractivity (Wildman–Crippen MR) is 89.1 cm³/mol. The van der Waals surface area contributed by atoms with E-state index in [1.807, 2.05) is 49.4 Å². The first kappa shape index (κ1) is 14.2. The molecule has 0 unspecified atom stereocenters. The summed E-state index contributed by atoms with van der Waals surface area (Å²) in [5.41, 5.74) is 3.72. The Labute approximate surface area is 134 Å². The highest BCUT2D eigenvalue weighted by atomic mass is 35.5. The average molecular weight is 316 g/mol. The number of hydrogen-bond acceptors (Lipinski definition) is 2. The normalized spacial score (nSPS) is 14.0. The van der Waals surface area contributed by atoms with Crippen LogP contribution in [-0.4, -0.2) is 22.3 Å². The molecule has 3 rings (SSSR count). The molecule has 0 fully saturated rings. The first-order valence-electron chi connectivity index (χ1n) is 6.78. The van der Waals surface area contributed by atoms with Crippen LogP contribution in [0.25, 0.3) is 0 Å². The fourth-order valence-corrected chi connectivity index (χ4v) is 3.18. The van der Waals surface area contributed by atoms with Crippen LogP contribution in [0.3, 0.4) is 0 Å². The van der Waals surface area contributed by atoms with Crippen LogP contribution >= 0.6 is 23.8 Å². The van der Waals surface area contributed by atoms with Gasteiger partial charge in [-0.05, 0) is 42.7 Å². The standard InChI is InChI=1S/C17H14ClNOS/c1-11-4-2-3-5-14(11)16(20)19-9-8-12-10-13(18)6-7-15(12)17(19)21/h2-7,10H,8-9H2,1H3. The van der Waals surface area contributed by atoms with E-state index in [1.165, 1.54) is 0 Å². The van der Waals surface area contributed by atoms with Gasteiger partial charge in [0.2, 0.25) is 0 Å². The summed E-state index contributed by atoms with van der Waals surface area (Å²) >= 11 is 11.5. The van der Waals surface area contributed by atoms with Crippen molar-refractivity contribution in [2.24, 2.45) is 0 Å². The third-order valence-corrected chi connectivity index (χ3v) is 4.44. The van der Waals surface area contributed by atoms with Crippen molar-refractivity contribution in [3.05, 3.63) is 69.7 Å². The van der Waals surface area contributed by atoms with Gasteiger partial charge in [-0.1, -0.05) is 48.1 Å². The maximum atomic E-state index is 12.7. The van der Waals surface area contributed by atoms with Gasteiger partial charge in [-0.15, -0.1) is 0 Å². The van der Waals surface area contributed by atoms with E-state index in [0.717, 1.165) is 23.1 Å². The Kier molecular flexibility index (Phi) is 3.79. The van der Waals surface area contributed by atoms with Crippen LogP contribution < -0.4 is 0 Å². The van der Waals surface area contributed by atoms with Gasteiger partial charge in [-0.2, -0.15) is 0 Å². The summed E-state index contributed by atoms with van der Waals surface area (Å²) in [6, 6.07) is 13.2. The number of fused-ring (bicyclic) bond motifs is 1. The first-order chi connectivity index (χ1) is 10.1. The maximum absolute atomic E-state index is 12.7. The second-order valence-electron chi connectivity index (χ2n) is 5.13. The lowest BCUT2D eigenvalue weighted by Gasteiger charge is -2.30. The van der Waals surface area contributed by atoms with Crippen molar-refractivity contribution in [1.29, 1.82) is 0 Å². The lowest BCUT2D eigenvalue weighted by atomic mass is 9.98. The number of thiocarbonyl (C=S) groups is 1. The molecule has 0 spiro atoms. The van der Waals surface area contributed by atoms with E-state index in [2.05, 4.69) is 0 Å². The summed E-state index contributed by atoms with van der Waals surface area (Å²) in [5.74, 6) is -0.0290. The number of aryl methyl sites for hydroxylation is 1. The fourth-order valence-electron chi connectivity index (χ4n) is 2.61. The largest absolute Gasteiger partial charge is 0.298 e. The van der Waals surface area contributed by atoms with Crippen molar-refractivity contribution >= 4 is 34.7 Å². The summed E-state index contributed by atoms with van der Waals surface area (Å²) in [4.78, 5) is 15.0.